The minimum atomic E-state index is -0.0135. The zero-order chi connectivity index (χ0) is 42.2. The van der Waals surface area contributed by atoms with Crippen LogP contribution in [-0.4, -0.2) is 19.5 Å². The van der Waals surface area contributed by atoms with E-state index in [-0.39, 0.29) is 10.8 Å². The Labute approximate surface area is 380 Å². The first-order valence-electron chi connectivity index (χ1n) is 24.9. The van der Waals surface area contributed by atoms with Crippen molar-refractivity contribution >= 4 is 56.5 Å². The van der Waals surface area contributed by atoms with Crippen LogP contribution in [0.15, 0.2) is 146 Å². The van der Waals surface area contributed by atoms with Crippen molar-refractivity contribution in [2.45, 2.75) is 75.0 Å². The number of anilines is 6. The number of fused-ring (bicyclic) bond motifs is 7. The number of aromatic nitrogens is 4. The van der Waals surface area contributed by atoms with Crippen LogP contribution in [0.1, 0.15) is 86.5 Å². The van der Waals surface area contributed by atoms with Gasteiger partial charge in [0.25, 0.3) is 0 Å². The normalized spacial score (nSPS) is 28.8. The Morgan fingerprint density at radius 3 is 0.969 bits per heavy atom. The highest BCUT2D eigenvalue weighted by molar-refractivity contribution is 6.09. The Kier molecular flexibility index (Phi) is 7.06. The highest BCUT2D eigenvalue weighted by Crippen LogP contribution is 2.71. The number of para-hydroxylation sites is 6. The molecule has 8 aliphatic carbocycles. The summed E-state index contributed by atoms with van der Waals surface area (Å²) >= 11 is 0. The van der Waals surface area contributed by atoms with Crippen molar-refractivity contribution in [1.29, 1.82) is 0 Å². The number of hydrogen-bond acceptors (Lipinski definition) is 5. The quantitative estimate of drug-likeness (QED) is 0.177. The van der Waals surface area contributed by atoms with Gasteiger partial charge in [0, 0.05) is 21.6 Å². The maximum atomic E-state index is 5.81. The molecule has 8 aromatic rings. The number of rotatable bonds is 3. The van der Waals surface area contributed by atoms with Crippen molar-refractivity contribution in [3.63, 3.8) is 0 Å². The lowest BCUT2D eigenvalue weighted by atomic mass is 9.41. The van der Waals surface area contributed by atoms with Crippen molar-refractivity contribution in [3.8, 4) is 5.95 Å². The average molecular weight is 845 g/mol. The second-order valence-corrected chi connectivity index (χ2v) is 21.7. The first-order valence-corrected chi connectivity index (χ1v) is 24.9. The summed E-state index contributed by atoms with van der Waals surface area (Å²) in [7, 11) is 0. The molecule has 8 bridgehead atoms. The lowest BCUT2D eigenvalue weighted by Crippen LogP contribution is -2.57. The molecule has 10 aliphatic rings. The molecule has 0 amide bonds. The summed E-state index contributed by atoms with van der Waals surface area (Å²) in [5.74, 6) is 8.01. The molecule has 8 fully saturated rings. The first-order chi connectivity index (χ1) is 32.2. The third-order valence-electron chi connectivity index (χ3n) is 19.0. The maximum Gasteiger partial charge on any atom is 0.241 e. The van der Waals surface area contributed by atoms with Gasteiger partial charge >= 0.3 is 0 Å². The van der Waals surface area contributed by atoms with Crippen LogP contribution in [-0.2, 0) is 10.8 Å². The monoisotopic (exact) mass is 844 g/mol. The van der Waals surface area contributed by atoms with E-state index in [2.05, 4.69) is 160 Å². The minimum absolute atomic E-state index is 0.0135. The Bertz CT molecular complexity index is 2940. The molecule has 6 heteroatoms. The topological polar surface area (TPSA) is 50.1 Å². The molecule has 4 heterocycles. The number of benzene rings is 6. The van der Waals surface area contributed by atoms with Gasteiger partial charge in [-0.15, -0.1) is 0 Å². The molecule has 6 nitrogen and oxygen atoms in total. The van der Waals surface area contributed by atoms with Crippen LogP contribution in [0.5, 0.6) is 0 Å². The predicted octanol–water partition coefficient (Wildman–Crippen LogP) is 14.0. The van der Waals surface area contributed by atoms with Gasteiger partial charge in [-0.3, -0.25) is 14.4 Å². The molecule has 18 rings (SSSR count). The smallest absolute Gasteiger partial charge is 0.241 e. The molecule has 65 heavy (non-hydrogen) atoms. The van der Waals surface area contributed by atoms with Crippen LogP contribution < -0.4 is 9.80 Å². The molecule has 0 radical (unpaired) electrons. The molecule has 2 spiro atoms. The second kappa shape index (κ2) is 12.7. The van der Waals surface area contributed by atoms with Crippen LogP contribution in [0.3, 0.4) is 0 Å². The van der Waals surface area contributed by atoms with Crippen molar-refractivity contribution in [2.24, 2.45) is 47.3 Å². The fraction of sp³-hybridized carbons (Fsp3) is 0.339. The fourth-order valence-electron chi connectivity index (χ4n) is 17.5. The van der Waals surface area contributed by atoms with Gasteiger partial charge in [-0.2, -0.15) is 15.0 Å². The Balaban J connectivity index is 0.972. The van der Waals surface area contributed by atoms with Crippen LogP contribution in [0.4, 0.5) is 34.6 Å². The molecule has 2 aliphatic heterocycles. The third kappa shape index (κ3) is 4.49. The Morgan fingerprint density at radius 2 is 0.615 bits per heavy atom. The lowest BCUT2D eigenvalue weighted by Gasteiger charge is -2.64. The van der Waals surface area contributed by atoms with E-state index in [9.17, 15) is 0 Å². The molecule has 0 saturated heterocycles. The van der Waals surface area contributed by atoms with Gasteiger partial charge in [0.15, 0.2) is 0 Å². The van der Waals surface area contributed by atoms with Gasteiger partial charge in [0.1, 0.15) is 0 Å². The van der Waals surface area contributed by atoms with E-state index in [1.54, 1.807) is 0 Å². The van der Waals surface area contributed by atoms with Gasteiger partial charge in [-0.1, -0.05) is 109 Å². The summed E-state index contributed by atoms with van der Waals surface area (Å²) in [5, 5.41) is 2.39. The summed E-state index contributed by atoms with van der Waals surface area (Å²) in [6, 6.07) is 55.0. The van der Waals surface area contributed by atoms with Gasteiger partial charge in [0.05, 0.1) is 33.8 Å². The Hall–Kier alpha value is -6.27. The zero-order valence-electron chi connectivity index (χ0n) is 36.7. The number of hydrogen-bond donors (Lipinski definition) is 0. The summed E-state index contributed by atoms with van der Waals surface area (Å²) in [6.07, 6.45) is 13.5. The maximum absolute atomic E-state index is 5.81. The molecular weight excluding hydrogens is 793 g/mol. The van der Waals surface area contributed by atoms with E-state index in [1.807, 2.05) is 0 Å². The second-order valence-electron chi connectivity index (χ2n) is 21.7. The molecule has 8 saturated carbocycles. The zero-order valence-corrected chi connectivity index (χ0v) is 36.7. The summed E-state index contributed by atoms with van der Waals surface area (Å²) < 4.78 is 2.29. The molecule has 0 unspecified atom stereocenters. The van der Waals surface area contributed by atoms with Crippen molar-refractivity contribution in [2.75, 3.05) is 9.80 Å². The van der Waals surface area contributed by atoms with E-state index in [0.29, 0.717) is 41.5 Å². The molecule has 6 aromatic carbocycles. The van der Waals surface area contributed by atoms with Crippen LogP contribution >= 0.6 is 0 Å². The lowest BCUT2D eigenvalue weighted by molar-refractivity contribution is -0.0419. The highest BCUT2D eigenvalue weighted by atomic mass is 15.4. The molecule has 318 valence electrons. The predicted molar refractivity (Wildman–Crippen MR) is 259 cm³/mol. The van der Waals surface area contributed by atoms with E-state index < -0.39 is 0 Å². The van der Waals surface area contributed by atoms with Crippen LogP contribution in [0.2, 0.25) is 0 Å². The van der Waals surface area contributed by atoms with E-state index in [1.165, 1.54) is 120 Å². The summed E-state index contributed by atoms with van der Waals surface area (Å²) in [4.78, 5) is 22.1. The van der Waals surface area contributed by atoms with Crippen molar-refractivity contribution in [1.82, 2.24) is 19.5 Å². The first kappa shape index (κ1) is 36.0. The molecular formula is C59H52N6. The summed E-state index contributed by atoms with van der Waals surface area (Å²) in [6.45, 7) is 0. The van der Waals surface area contributed by atoms with Crippen molar-refractivity contribution < 1.29 is 0 Å². The highest BCUT2D eigenvalue weighted by Gasteiger charge is 2.63. The van der Waals surface area contributed by atoms with Crippen LogP contribution in [0, 0.1) is 47.3 Å². The minimum Gasteiger partial charge on any atom is -0.278 e. The molecule has 2 aromatic heterocycles. The largest absolute Gasteiger partial charge is 0.278 e. The standard InChI is InChI=1S/C59H52N6/c1-7-19-49-43(13-1)44-14-2-8-20-50(44)63(49)55-60-56(64-51-21-9-3-15-45(51)58(46-16-4-10-22-52(46)64)39-27-35-25-36(29-39)30-40(58)28-35)62-57(61-55)65-53-23-11-5-17-47(53)59(48-18-6-12-24-54(48)65)41-31-37-26-38(33-41)34-42(59)32-37/h1-24,35-42H,25-34H2. The fourth-order valence-corrected chi connectivity index (χ4v) is 17.5. The Morgan fingerprint density at radius 1 is 0.323 bits per heavy atom. The van der Waals surface area contributed by atoms with E-state index >= 15 is 0 Å². The van der Waals surface area contributed by atoms with E-state index in [0.717, 1.165) is 34.7 Å². The van der Waals surface area contributed by atoms with E-state index in [4.69, 9.17) is 15.0 Å². The van der Waals surface area contributed by atoms with Gasteiger partial charge in [0.2, 0.25) is 17.8 Å². The SMILES string of the molecule is c1ccc2c(c1)N(c1nc(N3c4ccccc4C4(c5ccccc53)C3CC5CC(C3)CC4C5)nc(-n3c4ccccc4c4ccccc43)n1)c1ccccc1C21C2CC3CC(C2)CC1C3. The summed E-state index contributed by atoms with van der Waals surface area (Å²) in [5.41, 5.74) is 12.9. The molecule has 0 N–H and O–H groups in total. The average Bonchev–Trinajstić information content (AvgIpc) is 3.68. The van der Waals surface area contributed by atoms with Gasteiger partial charge in [-0.05, 0) is 170 Å². The molecule has 0 atom stereocenters. The third-order valence-corrected chi connectivity index (χ3v) is 19.0. The van der Waals surface area contributed by atoms with Gasteiger partial charge < -0.3 is 0 Å². The van der Waals surface area contributed by atoms with Gasteiger partial charge in [-0.25, -0.2) is 0 Å². The van der Waals surface area contributed by atoms with Crippen molar-refractivity contribution in [3.05, 3.63) is 168 Å². The van der Waals surface area contributed by atoms with Crippen LogP contribution in [0.25, 0.3) is 27.8 Å². The number of nitrogens with zero attached hydrogens (tertiary/aromatic N) is 6.